The van der Waals surface area contributed by atoms with Gasteiger partial charge in [-0.25, -0.2) is 4.79 Å². The smallest absolute Gasteiger partial charge is 0.405 e. The van der Waals surface area contributed by atoms with E-state index in [0.717, 1.165) is 27.8 Å². The first-order valence-electron chi connectivity index (χ1n) is 10.9. The molecule has 34 heavy (non-hydrogen) atoms. The number of hydrogen-bond donors (Lipinski definition) is 3. The van der Waals surface area contributed by atoms with Crippen molar-refractivity contribution < 1.29 is 14.7 Å². The maximum Gasteiger partial charge on any atom is 0.405 e. The van der Waals surface area contributed by atoms with Gasteiger partial charge < -0.3 is 15.7 Å². The van der Waals surface area contributed by atoms with E-state index >= 15 is 0 Å². The van der Waals surface area contributed by atoms with Crippen LogP contribution in [0.4, 0.5) is 10.5 Å². The van der Waals surface area contributed by atoms with E-state index in [-0.39, 0.29) is 0 Å². The first-order chi connectivity index (χ1) is 16.5. The van der Waals surface area contributed by atoms with Gasteiger partial charge in [-0.15, -0.1) is 0 Å². The largest absolute Gasteiger partial charge is 0.465 e. The van der Waals surface area contributed by atoms with Crippen LogP contribution in [0, 0.1) is 6.92 Å². The summed E-state index contributed by atoms with van der Waals surface area (Å²) < 4.78 is 0. The second-order valence-corrected chi connectivity index (χ2v) is 7.98. The molecule has 2 amide bonds. The van der Waals surface area contributed by atoms with Gasteiger partial charge in [0.05, 0.1) is 0 Å². The number of aromatic nitrogens is 1. The van der Waals surface area contributed by atoms with E-state index in [0.29, 0.717) is 5.69 Å². The summed E-state index contributed by atoms with van der Waals surface area (Å²) in [6.45, 7) is 1.99. The lowest BCUT2D eigenvalue weighted by Crippen LogP contribution is -2.47. The fourth-order valence-corrected chi connectivity index (χ4v) is 4.08. The number of benzene rings is 3. The molecule has 0 saturated carbocycles. The molecule has 0 unspecified atom stereocenters. The molecule has 1 aromatic heterocycles. The minimum Gasteiger partial charge on any atom is -0.465 e. The van der Waals surface area contributed by atoms with Gasteiger partial charge in [-0.05, 0) is 52.9 Å². The van der Waals surface area contributed by atoms with Crippen molar-refractivity contribution in [2.45, 2.75) is 18.9 Å². The third-order valence-corrected chi connectivity index (χ3v) is 5.70. The molecule has 0 aliphatic carbocycles. The summed E-state index contributed by atoms with van der Waals surface area (Å²) in [5, 5.41) is 14.9. The van der Waals surface area contributed by atoms with E-state index in [2.05, 4.69) is 15.6 Å². The third-order valence-electron chi connectivity index (χ3n) is 5.70. The molecule has 0 aliphatic heterocycles. The van der Waals surface area contributed by atoms with Crippen LogP contribution in [0.15, 0.2) is 103 Å². The van der Waals surface area contributed by atoms with E-state index in [1.165, 1.54) is 0 Å². The Morgan fingerprint density at radius 3 is 1.94 bits per heavy atom. The van der Waals surface area contributed by atoms with Crippen molar-refractivity contribution in [1.29, 1.82) is 0 Å². The summed E-state index contributed by atoms with van der Waals surface area (Å²) in [5.41, 5.74) is 5.38. The topological polar surface area (TPSA) is 91.3 Å². The standard InChI is InChI=1S/C28H25N3O3/c1-19-18-29-17-16-24(19)20-12-14-23(15-13-20)30-27(32)26(31-28(33)34)25(21-8-4-2-5-9-21)22-10-6-3-7-11-22/h2-18,25-26,31H,1H3,(H,30,32)(H,33,34)/t26-/m0/s1. The molecule has 4 rings (SSSR count). The van der Waals surface area contributed by atoms with Gasteiger partial charge in [0.1, 0.15) is 6.04 Å². The number of amides is 2. The van der Waals surface area contributed by atoms with Crippen molar-refractivity contribution in [2.24, 2.45) is 0 Å². The Morgan fingerprint density at radius 2 is 1.41 bits per heavy atom. The van der Waals surface area contributed by atoms with Gasteiger partial charge in [-0.3, -0.25) is 9.78 Å². The number of carbonyl (C=O) groups excluding carboxylic acids is 1. The average Bonchev–Trinajstić information content (AvgIpc) is 2.86. The Morgan fingerprint density at radius 1 is 0.824 bits per heavy atom. The number of pyridine rings is 1. The van der Waals surface area contributed by atoms with E-state index in [4.69, 9.17) is 0 Å². The zero-order chi connectivity index (χ0) is 23.9. The summed E-state index contributed by atoms with van der Waals surface area (Å²) in [6, 6.07) is 27.2. The number of aryl methyl sites for hydroxylation is 1. The monoisotopic (exact) mass is 451 g/mol. The van der Waals surface area contributed by atoms with Crippen LogP contribution in [0.3, 0.4) is 0 Å². The number of hydrogen-bond acceptors (Lipinski definition) is 3. The van der Waals surface area contributed by atoms with Gasteiger partial charge in [0.25, 0.3) is 0 Å². The average molecular weight is 452 g/mol. The first kappa shape index (κ1) is 22.7. The fraction of sp³-hybridized carbons (Fsp3) is 0.107. The molecule has 6 heteroatoms. The van der Waals surface area contributed by atoms with Gasteiger partial charge >= 0.3 is 6.09 Å². The number of carboxylic acid groups (broad SMARTS) is 1. The SMILES string of the molecule is Cc1cnccc1-c1ccc(NC(=O)[C@@H](NC(=O)O)C(c2ccccc2)c2ccccc2)cc1. The van der Waals surface area contributed by atoms with Crippen molar-refractivity contribution in [3.05, 3.63) is 120 Å². The second kappa shape index (κ2) is 10.4. The maximum atomic E-state index is 13.4. The summed E-state index contributed by atoms with van der Waals surface area (Å²) in [5.74, 6) is -0.940. The van der Waals surface area contributed by atoms with Crippen molar-refractivity contribution >= 4 is 17.7 Å². The van der Waals surface area contributed by atoms with Gasteiger partial charge in [-0.1, -0.05) is 72.8 Å². The first-order valence-corrected chi connectivity index (χ1v) is 10.9. The maximum absolute atomic E-state index is 13.4. The molecule has 6 nitrogen and oxygen atoms in total. The molecule has 0 radical (unpaired) electrons. The predicted octanol–water partition coefficient (Wildman–Crippen LogP) is 5.46. The number of carbonyl (C=O) groups is 2. The molecule has 1 atom stereocenters. The highest BCUT2D eigenvalue weighted by Crippen LogP contribution is 2.29. The fourth-order valence-electron chi connectivity index (χ4n) is 4.08. The number of rotatable bonds is 7. The van der Waals surface area contributed by atoms with Crippen molar-refractivity contribution in [1.82, 2.24) is 10.3 Å². The Hall–Kier alpha value is -4.45. The third kappa shape index (κ3) is 5.30. The number of nitrogens with zero attached hydrogens (tertiary/aromatic N) is 1. The lowest BCUT2D eigenvalue weighted by atomic mass is 9.84. The zero-order valence-corrected chi connectivity index (χ0v) is 18.7. The molecule has 4 aromatic rings. The van der Waals surface area contributed by atoms with Crippen LogP contribution in [0.2, 0.25) is 0 Å². The van der Waals surface area contributed by atoms with Crippen LogP contribution in [0.25, 0.3) is 11.1 Å². The van der Waals surface area contributed by atoms with Gasteiger partial charge in [-0.2, -0.15) is 0 Å². The molecule has 0 fully saturated rings. The normalized spacial score (nSPS) is 11.6. The van der Waals surface area contributed by atoms with Crippen LogP contribution in [-0.4, -0.2) is 28.1 Å². The minimum atomic E-state index is -1.26. The number of nitrogens with one attached hydrogen (secondary N) is 2. The van der Waals surface area contributed by atoms with Crippen molar-refractivity contribution in [2.75, 3.05) is 5.32 Å². The quantitative estimate of drug-likeness (QED) is 0.348. The lowest BCUT2D eigenvalue weighted by Gasteiger charge is -2.27. The Balaban J connectivity index is 1.63. The summed E-state index contributed by atoms with van der Waals surface area (Å²) in [7, 11) is 0. The van der Waals surface area contributed by atoms with Crippen molar-refractivity contribution in [3.8, 4) is 11.1 Å². The molecule has 3 aromatic carbocycles. The van der Waals surface area contributed by atoms with Crippen LogP contribution in [0.1, 0.15) is 22.6 Å². The lowest BCUT2D eigenvalue weighted by molar-refractivity contribution is -0.118. The molecule has 0 aliphatic rings. The minimum absolute atomic E-state index is 0.437. The van der Waals surface area contributed by atoms with E-state index in [9.17, 15) is 14.7 Å². The summed E-state index contributed by atoms with van der Waals surface area (Å²) >= 11 is 0. The van der Waals surface area contributed by atoms with Crippen LogP contribution < -0.4 is 10.6 Å². The molecule has 1 heterocycles. The van der Waals surface area contributed by atoms with Gasteiger partial charge in [0.15, 0.2) is 0 Å². The van der Waals surface area contributed by atoms with Gasteiger partial charge in [0.2, 0.25) is 5.91 Å². The zero-order valence-electron chi connectivity index (χ0n) is 18.7. The molecule has 0 saturated heterocycles. The highest BCUT2D eigenvalue weighted by atomic mass is 16.4. The highest BCUT2D eigenvalue weighted by molar-refractivity contribution is 5.97. The van der Waals surface area contributed by atoms with E-state index in [1.807, 2.05) is 97.9 Å². The Labute approximate surface area is 198 Å². The van der Waals surface area contributed by atoms with E-state index in [1.54, 1.807) is 12.4 Å². The second-order valence-electron chi connectivity index (χ2n) is 7.98. The predicted molar refractivity (Wildman–Crippen MR) is 133 cm³/mol. The molecule has 170 valence electrons. The highest BCUT2D eigenvalue weighted by Gasteiger charge is 2.32. The number of anilines is 1. The van der Waals surface area contributed by atoms with Crippen molar-refractivity contribution in [3.63, 3.8) is 0 Å². The summed E-state index contributed by atoms with van der Waals surface area (Å²) in [6.07, 6.45) is 2.29. The van der Waals surface area contributed by atoms with Crippen LogP contribution in [0.5, 0.6) is 0 Å². The Kier molecular flexibility index (Phi) is 6.98. The molecule has 0 bridgehead atoms. The Bertz CT molecular complexity index is 1220. The molecule has 3 N–H and O–H groups in total. The summed E-state index contributed by atoms with van der Waals surface area (Å²) in [4.78, 5) is 29.2. The molecular weight excluding hydrogens is 426 g/mol. The molecular formula is C28H25N3O3. The van der Waals surface area contributed by atoms with Crippen LogP contribution in [-0.2, 0) is 4.79 Å². The van der Waals surface area contributed by atoms with E-state index < -0.39 is 24.0 Å². The van der Waals surface area contributed by atoms with Crippen LogP contribution >= 0.6 is 0 Å². The van der Waals surface area contributed by atoms with Gasteiger partial charge in [0, 0.05) is 24.0 Å². The molecule has 0 spiro atoms.